The van der Waals surface area contributed by atoms with E-state index in [1.165, 1.54) is 57.4 Å². The van der Waals surface area contributed by atoms with Crippen LogP contribution >= 0.6 is 0 Å². The summed E-state index contributed by atoms with van der Waals surface area (Å²) in [6.45, 7) is 2.18. The number of aliphatic carboxylic acids is 1. The molecule has 22 heavy (non-hydrogen) atoms. The Morgan fingerprint density at radius 2 is 1.09 bits per heavy atom. The van der Waals surface area contributed by atoms with Crippen LogP contribution in [0.4, 0.5) is 0 Å². The highest BCUT2D eigenvalue weighted by Crippen LogP contribution is 2.08. The number of hydrogen-bond donors (Lipinski definition) is 1. The van der Waals surface area contributed by atoms with Crippen LogP contribution < -0.4 is 0 Å². The summed E-state index contributed by atoms with van der Waals surface area (Å²) in [4.78, 5) is 10.3. The number of carboxylic acid groups (broad SMARTS) is 1. The molecule has 0 aliphatic rings. The molecule has 0 unspecified atom stereocenters. The number of allylic oxidation sites excluding steroid dienone is 5. The van der Waals surface area contributed by atoms with Crippen molar-refractivity contribution < 1.29 is 9.90 Å². The first kappa shape index (κ1) is 20.7. The van der Waals surface area contributed by atoms with Gasteiger partial charge in [0.2, 0.25) is 0 Å². The second-order valence-corrected chi connectivity index (χ2v) is 5.72. The van der Waals surface area contributed by atoms with E-state index in [0.29, 0.717) is 0 Å². The maximum absolute atomic E-state index is 10.3. The molecule has 0 aromatic heterocycles. The van der Waals surface area contributed by atoms with Gasteiger partial charge in [0.25, 0.3) is 0 Å². The van der Waals surface area contributed by atoms with E-state index < -0.39 is 5.97 Å². The molecule has 0 bridgehead atoms. The van der Waals surface area contributed by atoms with Crippen LogP contribution in [0.15, 0.2) is 36.5 Å². The fraction of sp³-hybridized carbons (Fsp3) is 0.650. The fourth-order valence-corrected chi connectivity index (χ4v) is 2.28. The van der Waals surface area contributed by atoms with E-state index in [1.807, 2.05) is 0 Å². The van der Waals surface area contributed by atoms with Gasteiger partial charge in [0.15, 0.2) is 0 Å². The van der Waals surface area contributed by atoms with Crippen LogP contribution in [-0.4, -0.2) is 11.1 Å². The maximum Gasteiger partial charge on any atom is 0.327 e. The van der Waals surface area contributed by atoms with Gasteiger partial charge in [0.1, 0.15) is 0 Å². The molecule has 126 valence electrons. The summed E-state index contributed by atoms with van der Waals surface area (Å²) >= 11 is 0. The van der Waals surface area contributed by atoms with Crippen molar-refractivity contribution in [1.82, 2.24) is 0 Å². The quantitative estimate of drug-likeness (QED) is 0.215. The van der Waals surface area contributed by atoms with Crippen molar-refractivity contribution in [2.75, 3.05) is 0 Å². The summed E-state index contributed by atoms with van der Waals surface area (Å²) in [5, 5.41) is 8.44. The van der Waals surface area contributed by atoms with Gasteiger partial charge in [-0.2, -0.15) is 0 Å². The maximum atomic E-state index is 10.3. The first-order chi connectivity index (χ1) is 10.8. The monoisotopic (exact) mass is 306 g/mol. The predicted molar refractivity (Wildman–Crippen MR) is 96.1 cm³/mol. The van der Waals surface area contributed by atoms with Gasteiger partial charge < -0.3 is 5.11 Å². The van der Waals surface area contributed by atoms with E-state index in [9.17, 15) is 4.79 Å². The van der Waals surface area contributed by atoms with E-state index in [0.717, 1.165) is 25.7 Å². The molecule has 0 saturated heterocycles. The Morgan fingerprint density at radius 1 is 0.682 bits per heavy atom. The summed E-state index contributed by atoms with van der Waals surface area (Å²) < 4.78 is 0. The van der Waals surface area contributed by atoms with Crippen LogP contribution in [0.25, 0.3) is 0 Å². The number of carboxylic acids is 1. The highest BCUT2D eigenvalue weighted by Gasteiger charge is 1.89. The Labute approximate surface area is 137 Å². The molecular formula is C20H34O2. The number of hydrogen-bond acceptors (Lipinski definition) is 1. The number of rotatable bonds is 15. The van der Waals surface area contributed by atoms with Crippen LogP contribution in [0.1, 0.15) is 84.0 Å². The lowest BCUT2D eigenvalue weighted by Gasteiger charge is -1.97. The molecule has 0 spiro atoms. The van der Waals surface area contributed by atoms with Crippen LogP contribution in [-0.2, 0) is 4.79 Å². The largest absolute Gasteiger partial charge is 0.478 e. The molecule has 0 aliphatic heterocycles. The predicted octanol–water partition coefficient (Wildman–Crippen LogP) is 6.44. The third-order valence-corrected chi connectivity index (χ3v) is 3.56. The highest BCUT2D eigenvalue weighted by atomic mass is 16.4. The van der Waals surface area contributed by atoms with E-state index in [2.05, 4.69) is 31.2 Å². The first-order valence-corrected chi connectivity index (χ1v) is 8.96. The Kier molecular flexibility index (Phi) is 16.7. The van der Waals surface area contributed by atoms with Gasteiger partial charge in [0, 0.05) is 6.08 Å². The zero-order valence-electron chi connectivity index (χ0n) is 14.3. The van der Waals surface area contributed by atoms with Crippen molar-refractivity contribution >= 4 is 5.97 Å². The second kappa shape index (κ2) is 17.7. The number of carbonyl (C=O) groups is 1. The van der Waals surface area contributed by atoms with E-state index in [4.69, 9.17) is 5.11 Å². The van der Waals surface area contributed by atoms with Gasteiger partial charge in [-0.25, -0.2) is 4.79 Å². The van der Waals surface area contributed by atoms with Crippen molar-refractivity contribution in [3.05, 3.63) is 36.5 Å². The van der Waals surface area contributed by atoms with Crippen LogP contribution in [0, 0.1) is 0 Å². The van der Waals surface area contributed by atoms with E-state index >= 15 is 0 Å². The average Bonchev–Trinajstić information content (AvgIpc) is 2.50. The molecule has 0 atom stereocenters. The minimum Gasteiger partial charge on any atom is -0.478 e. The minimum absolute atomic E-state index is 0.847. The fourth-order valence-electron chi connectivity index (χ4n) is 2.28. The molecule has 0 aliphatic carbocycles. The smallest absolute Gasteiger partial charge is 0.327 e. The molecule has 0 aromatic rings. The standard InChI is InChI=1S/C20H34O2/c1-2-3-4-5-6-7-8-9-10-11-12-13-14-15-16-17-18-19-20(21)22/h3-4,11-12,18-19H,2,5-10,13-17H2,1H3,(H,21,22)/b4-3+,12-11+,19-18+. The average molecular weight is 306 g/mol. The van der Waals surface area contributed by atoms with Crippen LogP contribution in [0.5, 0.6) is 0 Å². The Balaban J connectivity index is 3.18. The Morgan fingerprint density at radius 3 is 1.55 bits per heavy atom. The van der Waals surface area contributed by atoms with Crippen molar-refractivity contribution in [2.24, 2.45) is 0 Å². The molecule has 0 saturated carbocycles. The molecule has 0 rings (SSSR count). The third kappa shape index (κ3) is 18.7. The molecule has 0 aromatic carbocycles. The molecule has 0 radical (unpaired) electrons. The van der Waals surface area contributed by atoms with E-state index in [-0.39, 0.29) is 0 Å². The summed E-state index contributed by atoms with van der Waals surface area (Å²) in [5.41, 5.74) is 0. The summed E-state index contributed by atoms with van der Waals surface area (Å²) in [6.07, 6.45) is 26.6. The van der Waals surface area contributed by atoms with Crippen LogP contribution in [0.3, 0.4) is 0 Å². The summed E-state index contributed by atoms with van der Waals surface area (Å²) in [7, 11) is 0. The molecular weight excluding hydrogens is 272 g/mol. The normalized spacial score (nSPS) is 12.0. The third-order valence-electron chi connectivity index (χ3n) is 3.56. The highest BCUT2D eigenvalue weighted by molar-refractivity contribution is 5.79. The molecule has 0 heterocycles. The molecule has 2 heteroatoms. The molecule has 1 N–H and O–H groups in total. The van der Waals surface area contributed by atoms with E-state index in [1.54, 1.807) is 6.08 Å². The Hall–Kier alpha value is -1.31. The lowest BCUT2D eigenvalue weighted by Crippen LogP contribution is -1.85. The van der Waals surface area contributed by atoms with Gasteiger partial charge in [-0.3, -0.25) is 0 Å². The van der Waals surface area contributed by atoms with Crippen LogP contribution in [0.2, 0.25) is 0 Å². The van der Waals surface area contributed by atoms with Gasteiger partial charge >= 0.3 is 5.97 Å². The lowest BCUT2D eigenvalue weighted by atomic mass is 10.1. The van der Waals surface area contributed by atoms with Gasteiger partial charge in [-0.1, -0.05) is 56.6 Å². The topological polar surface area (TPSA) is 37.3 Å². The first-order valence-electron chi connectivity index (χ1n) is 8.96. The number of unbranched alkanes of at least 4 members (excludes halogenated alkanes) is 9. The van der Waals surface area contributed by atoms with Gasteiger partial charge in [0.05, 0.1) is 0 Å². The van der Waals surface area contributed by atoms with Gasteiger partial charge in [-0.15, -0.1) is 0 Å². The minimum atomic E-state index is -0.847. The van der Waals surface area contributed by atoms with Crippen molar-refractivity contribution in [3.63, 3.8) is 0 Å². The zero-order valence-corrected chi connectivity index (χ0v) is 14.3. The SMILES string of the molecule is CC/C=C/CCCCCC/C=C/CCCCC/C=C/C(=O)O. The lowest BCUT2D eigenvalue weighted by molar-refractivity contribution is -0.131. The van der Waals surface area contributed by atoms with Gasteiger partial charge in [-0.05, 0) is 57.8 Å². The molecule has 2 nitrogen and oxygen atoms in total. The summed E-state index contributed by atoms with van der Waals surface area (Å²) in [5.74, 6) is -0.847. The molecule has 0 fully saturated rings. The van der Waals surface area contributed by atoms with Crippen molar-refractivity contribution in [1.29, 1.82) is 0 Å². The van der Waals surface area contributed by atoms with Crippen molar-refractivity contribution in [2.45, 2.75) is 84.0 Å². The zero-order chi connectivity index (χ0) is 16.3. The second-order valence-electron chi connectivity index (χ2n) is 5.72. The van der Waals surface area contributed by atoms with Crippen molar-refractivity contribution in [3.8, 4) is 0 Å². The molecule has 0 amide bonds. The summed E-state index contributed by atoms with van der Waals surface area (Å²) in [6, 6.07) is 0. The Bertz CT molecular complexity index is 327.